The van der Waals surface area contributed by atoms with Crippen molar-refractivity contribution in [3.8, 4) is 17.3 Å². The molecule has 0 aliphatic rings. The van der Waals surface area contributed by atoms with Crippen molar-refractivity contribution in [2.45, 2.75) is 0 Å². The molecule has 0 saturated heterocycles. The third kappa shape index (κ3) is 2.63. The summed E-state index contributed by atoms with van der Waals surface area (Å²) in [4.78, 5) is 17.9. The molecule has 4 nitrogen and oxygen atoms in total. The quantitative estimate of drug-likeness (QED) is 0.688. The Morgan fingerprint density at radius 2 is 2.18 bits per heavy atom. The molecular formula is C10H5BrClIN2O2. The number of halogens is 3. The Kier molecular flexibility index (Phi) is 3.74. The summed E-state index contributed by atoms with van der Waals surface area (Å²) in [6.07, 6.45) is 0. The summed E-state index contributed by atoms with van der Waals surface area (Å²) in [5, 5.41) is 9.93. The van der Waals surface area contributed by atoms with Crippen molar-refractivity contribution in [1.29, 1.82) is 0 Å². The van der Waals surface area contributed by atoms with Crippen LogP contribution in [0.3, 0.4) is 0 Å². The average Bonchev–Trinajstić information content (AvgIpc) is 2.25. The number of nitrogens with one attached hydrogen (secondary N) is 1. The van der Waals surface area contributed by atoms with Gasteiger partial charge in [0.2, 0.25) is 5.88 Å². The van der Waals surface area contributed by atoms with Gasteiger partial charge in [0, 0.05) is 10.0 Å². The Bertz CT molecular complexity index is 645. The van der Waals surface area contributed by atoms with Crippen molar-refractivity contribution in [2.24, 2.45) is 0 Å². The Morgan fingerprint density at radius 3 is 2.76 bits per heavy atom. The summed E-state index contributed by atoms with van der Waals surface area (Å²) in [5.74, 6) is -0.0613. The molecule has 2 rings (SSSR count). The highest BCUT2D eigenvalue weighted by Gasteiger charge is 2.11. The molecule has 0 bridgehead atoms. The van der Waals surface area contributed by atoms with E-state index in [1.54, 1.807) is 40.8 Å². The fourth-order valence-electron chi connectivity index (χ4n) is 1.26. The molecule has 2 aromatic rings. The Balaban J connectivity index is 2.65. The highest BCUT2D eigenvalue weighted by Crippen LogP contribution is 2.28. The largest absolute Gasteiger partial charge is 0.492 e. The van der Waals surface area contributed by atoms with Gasteiger partial charge in [-0.15, -0.1) is 0 Å². The molecular weight excluding hydrogens is 422 g/mol. The molecule has 0 aliphatic heterocycles. The third-order valence-corrected chi connectivity index (χ3v) is 3.81. The van der Waals surface area contributed by atoms with Gasteiger partial charge < -0.3 is 10.1 Å². The van der Waals surface area contributed by atoms with Gasteiger partial charge in [-0.25, -0.2) is 0 Å². The van der Waals surface area contributed by atoms with Crippen LogP contribution in [0.2, 0.25) is 5.02 Å². The van der Waals surface area contributed by atoms with E-state index in [1.807, 2.05) is 0 Å². The predicted molar refractivity (Wildman–Crippen MR) is 77.4 cm³/mol. The van der Waals surface area contributed by atoms with Gasteiger partial charge in [-0.3, -0.25) is 4.79 Å². The zero-order valence-electron chi connectivity index (χ0n) is 8.17. The molecule has 88 valence electrons. The van der Waals surface area contributed by atoms with Gasteiger partial charge in [-0.05, 0) is 40.8 Å². The summed E-state index contributed by atoms with van der Waals surface area (Å²) in [6.45, 7) is 0. The zero-order chi connectivity index (χ0) is 12.6. The SMILES string of the molecule is O=c1[nH]c(-c2ccc(Br)cc2Cl)nc(O)c1I. The van der Waals surface area contributed by atoms with Gasteiger partial charge in [0.05, 0.1) is 5.02 Å². The van der Waals surface area contributed by atoms with Gasteiger partial charge in [0.1, 0.15) is 9.39 Å². The molecule has 1 aromatic heterocycles. The number of aromatic amines is 1. The molecule has 1 aromatic carbocycles. The van der Waals surface area contributed by atoms with E-state index < -0.39 is 5.56 Å². The first-order valence-corrected chi connectivity index (χ1v) is 6.68. The van der Waals surface area contributed by atoms with Gasteiger partial charge in [0.25, 0.3) is 5.56 Å². The van der Waals surface area contributed by atoms with E-state index in [-0.39, 0.29) is 15.3 Å². The molecule has 0 spiro atoms. The summed E-state index contributed by atoms with van der Waals surface area (Å²) in [6, 6.07) is 5.17. The lowest BCUT2D eigenvalue weighted by Crippen LogP contribution is -2.12. The minimum Gasteiger partial charge on any atom is -0.492 e. The molecule has 2 N–H and O–H groups in total. The normalized spacial score (nSPS) is 10.5. The van der Waals surface area contributed by atoms with Crippen LogP contribution in [0.25, 0.3) is 11.4 Å². The first-order valence-electron chi connectivity index (χ1n) is 4.43. The first kappa shape index (κ1) is 12.8. The van der Waals surface area contributed by atoms with Crippen molar-refractivity contribution in [2.75, 3.05) is 0 Å². The number of aromatic hydroxyl groups is 1. The molecule has 0 saturated carbocycles. The Labute approximate surface area is 123 Å². The molecule has 0 unspecified atom stereocenters. The third-order valence-electron chi connectivity index (χ3n) is 2.03. The zero-order valence-corrected chi connectivity index (χ0v) is 12.7. The van der Waals surface area contributed by atoms with Crippen LogP contribution in [0.5, 0.6) is 5.88 Å². The lowest BCUT2D eigenvalue weighted by atomic mass is 10.2. The van der Waals surface area contributed by atoms with E-state index in [0.29, 0.717) is 10.6 Å². The second-order valence-corrected chi connectivity index (χ2v) is 5.58. The number of H-pyrrole nitrogens is 1. The number of benzene rings is 1. The van der Waals surface area contributed by atoms with Crippen molar-refractivity contribution >= 4 is 50.1 Å². The number of hydrogen-bond acceptors (Lipinski definition) is 3. The second kappa shape index (κ2) is 4.95. The number of rotatable bonds is 1. The molecule has 1 heterocycles. The molecule has 0 amide bonds. The lowest BCUT2D eigenvalue weighted by Gasteiger charge is -2.05. The van der Waals surface area contributed by atoms with E-state index in [2.05, 4.69) is 25.9 Å². The molecule has 0 atom stereocenters. The van der Waals surface area contributed by atoms with E-state index >= 15 is 0 Å². The smallest absolute Gasteiger partial charge is 0.268 e. The van der Waals surface area contributed by atoms with Crippen LogP contribution in [0, 0.1) is 3.57 Å². The topological polar surface area (TPSA) is 66.0 Å². The lowest BCUT2D eigenvalue weighted by molar-refractivity contribution is 0.447. The molecule has 0 aliphatic carbocycles. The monoisotopic (exact) mass is 426 g/mol. The van der Waals surface area contributed by atoms with Crippen molar-refractivity contribution in [3.63, 3.8) is 0 Å². The van der Waals surface area contributed by atoms with Crippen molar-refractivity contribution in [3.05, 3.63) is 41.6 Å². The molecule has 0 radical (unpaired) electrons. The van der Waals surface area contributed by atoms with Gasteiger partial charge in [-0.1, -0.05) is 27.5 Å². The maximum Gasteiger partial charge on any atom is 0.268 e. The average molecular weight is 427 g/mol. The van der Waals surface area contributed by atoms with E-state index in [1.165, 1.54) is 0 Å². The fraction of sp³-hybridized carbons (Fsp3) is 0. The van der Waals surface area contributed by atoms with Crippen LogP contribution < -0.4 is 5.56 Å². The molecule has 17 heavy (non-hydrogen) atoms. The van der Waals surface area contributed by atoms with Crippen LogP contribution >= 0.6 is 50.1 Å². The first-order chi connectivity index (χ1) is 7.99. The summed E-state index contributed by atoms with van der Waals surface area (Å²) >= 11 is 11.0. The summed E-state index contributed by atoms with van der Waals surface area (Å²) in [5.41, 5.74) is 0.158. The minimum atomic E-state index is -0.396. The van der Waals surface area contributed by atoms with Crippen molar-refractivity contribution < 1.29 is 5.11 Å². The maximum absolute atomic E-state index is 11.5. The van der Waals surface area contributed by atoms with Gasteiger partial charge >= 0.3 is 0 Å². The van der Waals surface area contributed by atoms with Crippen LogP contribution in [0.15, 0.2) is 27.5 Å². The Hall–Kier alpha value is -0.600. The van der Waals surface area contributed by atoms with Crippen molar-refractivity contribution in [1.82, 2.24) is 9.97 Å². The van der Waals surface area contributed by atoms with Crippen LogP contribution in [-0.2, 0) is 0 Å². The standard InChI is InChI=1S/C10H5BrClIN2O2/c11-4-1-2-5(6(12)3-4)8-14-9(16)7(13)10(17)15-8/h1-3H,(H2,14,15,16,17). The number of hydrogen-bond donors (Lipinski definition) is 2. The molecule has 7 heteroatoms. The fourth-order valence-corrected chi connectivity index (χ4v) is 2.27. The van der Waals surface area contributed by atoms with Crippen LogP contribution in [-0.4, -0.2) is 15.1 Å². The van der Waals surface area contributed by atoms with E-state index in [0.717, 1.165) is 4.47 Å². The van der Waals surface area contributed by atoms with Gasteiger partial charge in [0.15, 0.2) is 0 Å². The van der Waals surface area contributed by atoms with Crippen LogP contribution in [0.1, 0.15) is 0 Å². The van der Waals surface area contributed by atoms with Crippen LogP contribution in [0.4, 0.5) is 0 Å². The Morgan fingerprint density at radius 1 is 1.47 bits per heavy atom. The second-order valence-electron chi connectivity index (χ2n) is 3.18. The van der Waals surface area contributed by atoms with E-state index in [9.17, 15) is 9.90 Å². The number of nitrogens with zero attached hydrogens (tertiary/aromatic N) is 1. The molecule has 0 fully saturated rings. The van der Waals surface area contributed by atoms with Gasteiger partial charge in [-0.2, -0.15) is 4.98 Å². The summed E-state index contributed by atoms with van der Waals surface area (Å²) < 4.78 is 0.975. The van der Waals surface area contributed by atoms with E-state index in [4.69, 9.17) is 11.6 Å². The number of aromatic nitrogens is 2. The maximum atomic E-state index is 11.5. The minimum absolute atomic E-state index is 0.152. The predicted octanol–water partition coefficient (Wildman–Crippen LogP) is 3.16. The highest BCUT2D eigenvalue weighted by atomic mass is 127. The summed E-state index contributed by atoms with van der Waals surface area (Å²) in [7, 11) is 0. The highest BCUT2D eigenvalue weighted by molar-refractivity contribution is 14.1.